The number of quaternary nitrogens is 1. The first kappa shape index (κ1) is 24.8. The Kier molecular flexibility index (Phi) is 13.3. The van der Waals surface area contributed by atoms with Crippen LogP contribution in [-0.4, -0.2) is 65.7 Å². The van der Waals surface area contributed by atoms with E-state index in [9.17, 15) is 9.90 Å². The van der Waals surface area contributed by atoms with Crippen molar-refractivity contribution in [2.75, 3.05) is 34.3 Å². The van der Waals surface area contributed by atoms with E-state index in [1.807, 2.05) is 27.2 Å². The molecule has 0 radical (unpaired) electrons. The lowest BCUT2D eigenvalue weighted by molar-refractivity contribution is -0.876. The normalized spacial score (nSPS) is 15.0. The van der Waals surface area contributed by atoms with E-state index in [1.54, 1.807) is 12.2 Å². The molecule has 152 valence electrons. The van der Waals surface area contributed by atoms with Crippen LogP contribution in [0.1, 0.15) is 64.2 Å². The number of likely N-dealkylation sites (N-methyl/N-ethyl adjacent to an activating group) is 1. The molecule has 26 heavy (non-hydrogen) atoms. The molecule has 0 saturated heterocycles. The molecule has 0 amide bonds. The van der Waals surface area contributed by atoms with Crippen molar-refractivity contribution in [1.82, 2.24) is 0 Å². The lowest BCUT2D eigenvalue weighted by Gasteiger charge is -2.32. The number of aliphatic hydroxyl groups is 2. The monoisotopic (exact) mass is 370 g/mol. The molecule has 1 atom stereocenters. The Labute approximate surface area is 159 Å². The molecule has 3 N–H and O–H groups in total. The summed E-state index contributed by atoms with van der Waals surface area (Å²) in [5, 5.41) is 28.3. The number of carboxylic acid groups (broad SMARTS) is 1. The lowest BCUT2D eigenvalue weighted by Crippen LogP contribution is -2.49. The third-order valence-electron chi connectivity index (χ3n) is 4.14. The third-order valence-corrected chi connectivity index (χ3v) is 4.14. The van der Waals surface area contributed by atoms with Crippen LogP contribution in [0.2, 0.25) is 0 Å². The molecular weight excluding hydrogens is 330 g/mol. The van der Waals surface area contributed by atoms with Gasteiger partial charge in [0.1, 0.15) is 12.1 Å². The summed E-state index contributed by atoms with van der Waals surface area (Å²) >= 11 is 0. The fourth-order valence-corrected chi connectivity index (χ4v) is 3.09. The zero-order valence-corrected chi connectivity index (χ0v) is 17.0. The molecule has 0 aliphatic carbocycles. The smallest absolute Gasteiger partial charge is 0.306 e. The minimum absolute atomic E-state index is 0.287. The Morgan fingerprint density at radius 1 is 0.923 bits per heavy atom. The molecule has 1 unspecified atom stereocenters. The molecule has 0 spiro atoms. The second-order valence-corrected chi connectivity index (χ2v) is 8.25. The van der Waals surface area contributed by atoms with Gasteiger partial charge in [-0.15, -0.1) is 0 Å². The van der Waals surface area contributed by atoms with Gasteiger partial charge in [-0.1, -0.05) is 56.8 Å². The van der Waals surface area contributed by atoms with Gasteiger partial charge in [-0.05, 0) is 25.3 Å². The first-order valence-corrected chi connectivity index (χ1v) is 9.88. The third kappa shape index (κ3) is 16.3. The number of aliphatic carboxylic acids is 1. The molecule has 0 aromatic heterocycles. The Morgan fingerprint density at radius 3 is 1.96 bits per heavy atom. The van der Waals surface area contributed by atoms with E-state index in [2.05, 4.69) is 6.08 Å². The van der Waals surface area contributed by atoms with Crippen molar-refractivity contribution < 1.29 is 24.6 Å². The van der Waals surface area contributed by atoms with E-state index in [-0.39, 0.29) is 6.42 Å². The minimum atomic E-state index is -1.33. The number of hydrogen-bond acceptors (Lipinski definition) is 3. The number of hydrogen-bond donors (Lipinski definition) is 3. The number of aliphatic hydroxyl groups excluding tert-OH is 1. The molecule has 0 aliphatic rings. The molecule has 0 fully saturated rings. The van der Waals surface area contributed by atoms with E-state index >= 15 is 0 Å². The summed E-state index contributed by atoms with van der Waals surface area (Å²) < 4.78 is 0.498. The van der Waals surface area contributed by atoms with Crippen LogP contribution in [0.25, 0.3) is 0 Å². The molecule has 0 aromatic carbocycles. The van der Waals surface area contributed by atoms with Crippen molar-refractivity contribution in [3.05, 3.63) is 24.3 Å². The molecule has 0 saturated carbocycles. The predicted molar refractivity (Wildman–Crippen MR) is 107 cm³/mol. The van der Waals surface area contributed by atoms with Crippen LogP contribution in [0.5, 0.6) is 0 Å². The van der Waals surface area contributed by atoms with Crippen LogP contribution in [-0.2, 0) is 4.79 Å². The highest BCUT2D eigenvalue weighted by atomic mass is 16.4. The highest BCUT2D eigenvalue weighted by molar-refractivity contribution is 5.68. The van der Waals surface area contributed by atoms with Crippen molar-refractivity contribution in [2.45, 2.75) is 69.8 Å². The first-order chi connectivity index (χ1) is 12.2. The average molecular weight is 371 g/mol. The average Bonchev–Trinajstić information content (AvgIpc) is 2.49. The van der Waals surface area contributed by atoms with Crippen molar-refractivity contribution in [1.29, 1.82) is 0 Å². The van der Waals surface area contributed by atoms with Crippen LogP contribution < -0.4 is 0 Å². The molecule has 0 aliphatic heterocycles. The van der Waals surface area contributed by atoms with Crippen LogP contribution >= 0.6 is 0 Å². The number of unbranched alkanes of at least 4 members (excludes halogenated alkanes) is 8. The summed E-state index contributed by atoms with van der Waals surface area (Å²) in [6.45, 7) is 0.658. The summed E-state index contributed by atoms with van der Waals surface area (Å²) in [6, 6.07) is 0. The highest BCUT2D eigenvalue weighted by Crippen LogP contribution is 2.17. The molecule has 5 nitrogen and oxygen atoms in total. The zero-order chi connectivity index (χ0) is 19.9. The number of nitrogens with zero attached hydrogens (tertiary/aromatic N) is 1. The highest BCUT2D eigenvalue weighted by Gasteiger charge is 2.33. The van der Waals surface area contributed by atoms with Gasteiger partial charge in [-0.3, -0.25) is 4.79 Å². The molecule has 0 rings (SSSR count). The Hall–Kier alpha value is -1.17. The largest absolute Gasteiger partial charge is 0.481 e. The topological polar surface area (TPSA) is 77.8 Å². The van der Waals surface area contributed by atoms with Crippen molar-refractivity contribution in [3.63, 3.8) is 0 Å². The van der Waals surface area contributed by atoms with E-state index in [0.29, 0.717) is 17.6 Å². The Morgan fingerprint density at radius 2 is 1.46 bits per heavy atom. The molecular formula is C21H40NO4+. The fraction of sp³-hybridized carbons (Fsp3) is 0.762. The maximum Gasteiger partial charge on any atom is 0.306 e. The summed E-state index contributed by atoms with van der Waals surface area (Å²) in [7, 11) is 5.80. The van der Waals surface area contributed by atoms with E-state index in [4.69, 9.17) is 10.2 Å². The van der Waals surface area contributed by atoms with Gasteiger partial charge in [-0.25, -0.2) is 0 Å². The zero-order valence-electron chi connectivity index (χ0n) is 17.0. The Bertz CT molecular complexity index is 426. The summed E-state index contributed by atoms with van der Waals surface area (Å²) in [5.74, 6) is -0.994. The maximum atomic E-state index is 11.0. The van der Waals surface area contributed by atoms with Crippen LogP contribution in [0, 0.1) is 0 Å². The predicted octanol–water partition coefficient (Wildman–Crippen LogP) is 3.51. The quantitative estimate of drug-likeness (QED) is 0.221. The Balaban J connectivity index is 4.00. The van der Waals surface area contributed by atoms with E-state index in [0.717, 1.165) is 25.7 Å². The molecule has 0 aromatic rings. The van der Waals surface area contributed by atoms with Gasteiger partial charge in [-0.2, -0.15) is 0 Å². The van der Waals surface area contributed by atoms with Crippen LogP contribution in [0.15, 0.2) is 24.3 Å². The van der Waals surface area contributed by atoms with Gasteiger partial charge < -0.3 is 19.8 Å². The minimum Gasteiger partial charge on any atom is -0.481 e. The fourth-order valence-electron chi connectivity index (χ4n) is 3.09. The number of carbonyl (C=O) groups is 1. The number of allylic oxidation sites excluding steroid dienone is 3. The van der Waals surface area contributed by atoms with Gasteiger partial charge >= 0.3 is 5.97 Å². The standard InChI is InChI=1S/C21H39NO4/c1-22(2,3)19-21(26,18-20(24)25)16-14-12-10-8-6-4-5-7-9-11-13-15-17-23/h10,12,14,16,23,26H,4-9,11,13,15,17-19H2,1-3H3/p+1/b12-10+,16-14+. The molecule has 5 heteroatoms. The number of carboxylic acids is 1. The summed E-state index contributed by atoms with van der Waals surface area (Å²) in [5.41, 5.74) is -1.33. The van der Waals surface area contributed by atoms with Crippen molar-refractivity contribution >= 4 is 5.97 Å². The SMILES string of the molecule is C[N+](C)(C)CC(O)(/C=C/C=C/CCCCCCCCCCO)CC(=O)O. The number of rotatable bonds is 16. The lowest BCUT2D eigenvalue weighted by atomic mass is 9.97. The molecule has 0 heterocycles. The van der Waals surface area contributed by atoms with Gasteiger partial charge in [0.05, 0.1) is 27.6 Å². The first-order valence-electron chi connectivity index (χ1n) is 9.88. The summed E-state index contributed by atoms with van der Waals surface area (Å²) in [6.07, 6.45) is 17.5. The van der Waals surface area contributed by atoms with Crippen LogP contribution in [0.4, 0.5) is 0 Å². The van der Waals surface area contributed by atoms with Gasteiger partial charge in [0.2, 0.25) is 0 Å². The van der Waals surface area contributed by atoms with E-state index in [1.165, 1.54) is 32.1 Å². The maximum absolute atomic E-state index is 11.0. The summed E-state index contributed by atoms with van der Waals surface area (Å²) in [4.78, 5) is 11.0. The van der Waals surface area contributed by atoms with Gasteiger partial charge in [0, 0.05) is 6.61 Å². The van der Waals surface area contributed by atoms with E-state index < -0.39 is 11.6 Å². The molecule has 0 bridgehead atoms. The van der Waals surface area contributed by atoms with Crippen molar-refractivity contribution in [2.24, 2.45) is 0 Å². The van der Waals surface area contributed by atoms with Crippen molar-refractivity contribution in [3.8, 4) is 0 Å². The second kappa shape index (κ2) is 14.0. The van der Waals surface area contributed by atoms with Gasteiger partial charge in [0.15, 0.2) is 0 Å². The van der Waals surface area contributed by atoms with Crippen LogP contribution in [0.3, 0.4) is 0 Å². The van der Waals surface area contributed by atoms with Gasteiger partial charge in [0.25, 0.3) is 0 Å². The second-order valence-electron chi connectivity index (χ2n) is 8.25.